The molecule has 2 N–H and O–H groups in total. The van der Waals surface area contributed by atoms with Crippen LogP contribution >= 0.6 is 11.3 Å². The van der Waals surface area contributed by atoms with Crippen LogP contribution in [0.5, 0.6) is 5.75 Å². The third-order valence-electron chi connectivity index (χ3n) is 4.34. The Hall–Kier alpha value is -2.34. The Morgan fingerprint density at radius 3 is 2.96 bits per heavy atom. The third-order valence-corrected chi connectivity index (χ3v) is 5.20. The number of aliphatic hydroxyl groups excluding tert-OH is 1. The zero-order valence-corrected chi connectivity index (χ0v) is 14.9. The highest BCUT2D eigenvalue weighted by atomic mass is 32.1. The Bertz CT molecular complexity index is 797. The normalized spacial score (nSPS) is 16.0. The van der Waals surface area contributed by atoms with Crippen LogP contribution in [0.4, 0.5) is 0 Å². The van der Waals surface area contributed by atoms with E-state index in [4.69, 9.17) is 10.1 Å². The Kier molecular flexibility index (Phi) is 4.57. The van der Waals surface area contributed by atoms with Crippen LogP contribution in [0.2, 0.25) is 0 Å². The molecule has 2 aromatic rings. The summed E-state index contributed by atoms with van der Waals surface area (Å²) < 4.78 is 5.26. The van der Waals surface area contributed by atoms with Crippen LogP contribution in [0, 0.1) is 5.41 Å². The molecule has 1 aromatic carbocycles. The van der Waals surface area contributed by atoms with Crippen molar-refractivity contribution in [1.29, 1.82) is 5.41 Å². The number of thiazole rings is 1. The lowest BCUT2D eigenvalue weighted by Gasteiger charge is -2.25. The van der Waals surface area contributed by atoms with Gasteiger partial charge in [0.25, 0.3) is 0 Å². The van der Waals surface area contributed by atoms with Crippen LogP contribution in [0.25, 0.3) is 16.8 Å². The predicted molar refractivity (Wildman–Crippen MR) is 97.8 cm³/mol. The second-order valence-electron chi connectivity index (χ2n) is 5.83. The monoisotopic (exact) mass is 343 g/mol. The van der Waals surface area contributed by atoms with E-state index >= 15 is 0 Å². The number of nitrogens with one attached hydrogen (secondary N) is 1. The second-order valence-corrected chi connectivity index (χ2v) is 6.68. The number of aromatic nitrogens is 1. The molecule has 0 amide bonds. The Labute approximate surface area is 145 Å². The molecule has 6 heteroatoms. The van der Waals surface area contributed by atoms with E-state index in [1.54, 1.807) is 7.11 Å². The highest BCUT2D eigenvalue weighted by molar-refractivity contribution is 7.11. The fraction of sp³-hybridized carbons (Fsp3) is 0.333. The highest BCUT2D eigenvalue weighted by Gasteiger charge is 2.32. The molecule has 0 saturated heterocycles. The van der Waals surface area contributed by atoms with Crippen LogP contribution in [-0.2, 0) is 0 Å². The van der Waals surface area contributed by atoms with Gasteiger partial charge < -0.3 is 14.7 Å². The van der Waals surface area contributed by atoms with Crippen LogP contribution in [0.15, 0.2) is 35.4 Å². The molecule has 126 valence electrons. The highest BCUT2D eigenvalue weighted by Crippen LogP contribution is 2.33. The number of amidine groups is 1. The van der Waals surface area contributed by atoms with E-state index in [-0.39, 0.29) is 11.8 Å². The standard InChI is InChI=1S/C18H21N3O2S/c1-4-11(2)21-9-15(22)16(17(21)19)18-20-14(10-24-18)12-6-5-7-13(8-12)23-3/h5-8,10-11,19,22H,4,9H2,1-3H3/t11-/m0/s1. The fourth-order valence-electron chi connectivity index (χ4n) is 2.72. The summed E-state index contributed by atoms with van der Waals surface area (Å²) in [6.45, 7) is 4.53. The molecular weight excluding hydrogens is 322 g/mol. The molecule has 24 heavy (non-hydrogen) atoms. The summed E-state index contributed by atoms with van der Waals surface area (Å²) in [6.07, 6.45) is 0.926. The van der Waals surface area contributed by atoms with Crippen molar-refractivity contribution in [2.45, 2.75) is 26.3 Å². The average molecular weight is 343 g/mol. The van der Waals surface area contributed by atoms with Gasteiger partial charge in [0.05, 0.1) is 24.9 Å². The smallest absolute Gasteiger partial charge is 0.135 e. The molecule has 0 bridgehead atoms. The van der Waals surface area contributed by atoms with Gasteiger partial charge in [-0.2, -0.15) is 0 Å². The zero-order chi connectivity index (χ0) is 17.3. The first kappa shape index (κ1) is 16.5. The number of methoxy groups -OCH3 is 1. The van der Waals surface area contributed by atoms with Gasteiger partial charge in [-0.1, -0.05) is 19.1 Å². The molecule has 2 heterocycles. The molecule has 3 rings (SSSR count). The lowest BCUT2D eigenvalue weighted by molar-refractivity contribution is 0.301. The van der Waals surface area contributed by atoms with Crippen molar-refractivity contribution in [2.75, 3.05) is 13.7 Å². The van der Waals surface area contributed by atoms with Crippen LogP contribution in [0.3, 0.4) is 0 Å². The second kappa shape index (κ2) is 6.65. The molecule has 5 nitrogen and oxygen atoms in total. The number of aliphatic hydroxyl groups is 1. The minimum absolute atomic E-state index is 0.218. The summed E-state index contributed by atoms with van der Waals surface area (Å²) in [5, 5.41) is 21.4. The minimum atomic E-state index is 0.218. The first-order valence-electron chi connectivity index (χ1n) is 7.93. The van der Waals surface area contributed by atoms with Crippen LogP contribution < -0.4 is 4.74 Å². The SMILES string of the molecule is CC[C@H](C)N1CC(O)=C(c2nc(-c3cccc(OC)c3)cs2)C1=N. The van der Waals surface area contributed by atoms with Crippen molar-refractivity contribution < 1.29 is 9.84 Å². The summed E-state index contributed by atoms with van der Waals surface area (Å²) in [5.41, 5.74) is 2.33. The van der Waals surface area contributed by atoms with E-state index in [2.05, 4.69) is 18.8 Å². The van der Waals surface area contributed by atoms with Gasteiger partial charge in [-0.3, -0.25) is 5.41 Å². The van der Waals surface area contributed by atoms with Gasteiger partial charge in [-0.25, -0.2) is 4.98 Å². The summed E-state index contributed by atoms with van der Waals surface area (Å²) >= 11 is 1.45. The number of hydrogen-bond acceptors (Lipinski definition) is 5. The van der Waals surface area contributed by atoms with Crippen molar-refractivity contribution in [3.63, 3.8) is 0 Å². The number of ether oxygens (including phenoxy) is 1. The maximum atomic E-state index is 10.3. The molecule has 1 aromatic heterocycles. The summed E-state index contributed by atoms with van der Waals surface area (Å²) in [4.78, 5) is 6.55. The van der Waals surface area contributed by atoms with E-state index in [0.29, 0.717) is 23.0 Å². The molecular formula is C18H21N3O2S. The van der Waals surface area contributed by atoms with Gasteiger partial charge in [0.1, 0.15) is 22.4 Å². The number of nitrogens with zero attached hydrogens (tertiary/aromatic N) is 2. The van der Waals surface area contributed by atoms with E-state index < -0.39 is 0 Å². The quantitative estimate of drug-likeness (QED) is 0.854. The van der Waals surface area contributed by atoms with Crippen molar-refractivity contribution in [1.82, 2.24) is 9.88 Å². The van der Waals surface area contributed by atoms with E-state index in [9.17, 15) is 5.11 Å². The van der Waals surface area contributed by atoms with Gasteiger partial charge >= 0.3 is 0 Å². The van der Waals surface area contributed by atoms with Gasteiger partial charge in [0, 0.05) is 17.0 Å². The number of benzene rings is 1. The molecule has 0 saturated carbocycles. The molecule has 0 aliphatic carbocycles. The summed E-state index contributed by atoms with van der Waals surface area (Å²) in [7, 11) is 1.64. The van der Waals surface area contributed by atoms with Crippen molar-refractivity contribution in [3.05, 3.63) is 40.4 Å². The topological polar surface area (TPSA) is 69.4 Å². The van der Waals surface area contributed by atoms with Gasteiger partial charge in [0.15, 0.2) is 0 Å². The molecule has 0 spiro atoms. The van der Waals surface area contributed by atoms with E-state index in [0.717, 1.165) is 23.4 Å². The third kappa shape index (κ3) is 2.89. The van der Waals surface area contributed by atoms with Gasteiger partial charge in [-0.05, 0) is 25.5 Å². The summed E-state index contributed by atoms with van der Waals surface area (Å²) in [5.74, 6) is 1.36. The van der Waals surface area contributed by atoms with E-state index in [1.165, 1.54) is 11.3 Å². The van der Waals surface area contributed by atoms with Gasteiger partial charge in [-0.15, -0.1) is 11.3 Å². The molecule has 0 radical (unpaired) electrons. The minimum Gasteiger partial charge on any atom is -0.510 e. The molecule has 1 aliphatic rings. The number of hydrogen-bond donors (Lipinski definition) is 2. The van der Waals surface area contributed by atoms with Crippen LogP contribution in [-0.4, -0.2) is 40.5 Å². The Balaban J connectivity index is 1.90. The predicted octanol–water partition coefficient (Wildman–Crippen LogP) is 4.18. The molecule has 1 aliphatic heterocycles. The van der Waals surface area contributed by atoms with Gasteiger partial charge in [0.2, 0.25) is 0 Å². The molecule has 0 fully saturated rings. The average Bonchev–Trinajstić information content (AvgIpc) is 3.18. The maximum Gasteiger partial charge on any atom is 0.135 e. The molecule has 1 atom stereocenters. The Morgan fingerprint density at radius 1 is 1.46 bits per heavy atom. The van der Waals surface area contributed by atoms with E-state index in [1.807, 2.05) is 34.5 Å². The summed E-state index contributed by atoms with van der Waals surface area (Å²) in [6, 6.07) is 7.93. The number of rotatable bonds is 5. The Morgan fingerprint density at radius 2 is 2.25 bits per heavy atom. The lowest BCUT2D eigenvalue weighted by Crippen LogP contribution is -2.34. The largest absolute Gasteiger partial charge is 0.510 e. The van der Waals surface area contributed by atoms with Crippen LogP contribution in [0.1, 0.15) is 25.3 Å². The first-order chi connectivity index (χ1) is 11.5. The first-order valence-corrected chi connectivity index (χ1v) is 8.81. The van der Waals surface area contributed by atoms with Crippen molar-refractivity contribution >= 4 is 22.7 Å². The maximum absolute atomic E-state index is 10.3. The van der Waals surface area contributed by atoms with Crippen molar-refractivity contribution in [3.8, 4) is 17.0 Å². The fourth-order valence-corrected chi connectivity index (χ4v) is 3.62. The lowest BCUT2D eigenvalue weighted by atomic mass is 10.1. The molecule has 0 unspecified atom stereocenters. The van der Waals surface area contributed by atoms with Crippen molar-refractivity contribution in [2.24, 2.45) is 0 Å². The zero-order valence-electron chi connectivity index (χ0n) is 14.0.